The number of rotatable bonds is 10. The molecule has 0 aliphatic heterocycles. The summed E-state index contributed by atoms with van der Waals surface area (Å²) in [4.78, 5) is 28.3. The summed E-state index contributed by atoms with van der Waals surface area (Å²) < 4.78 is 48.6. The van der Waals surface area contributed by atoms with E-state index in [0.717, 1.165) is 23.6 Å². The summed E-state index contributed by atoms with van der Waals surface area (Å²) in [5.74, 6) is -0.337. The molecule has 4 aromatic rings. The molecule has 5 rings (SSSR count). The molecular weight excluding hydrogens is 609 g/mol. The van der Waals surface area contributed by atoms with Gasteiger partial charge in [-0.15, -0.1) is 0 Å². The van der Waals surface area contributed by atoms with E-state index in [4.69, 9.17) is 4.74 Å². The molecule has 0 saturated heterocycles. The van der Waals surface area contributed by atoms with Crippen LogP contribution in [0, 0.1) is 17.2 Å². The summed E-state index contributed by atoms with van der Waals surface area (Å²) in [6.07, 6.45) is -4.25. The molecule has 9 nitrogen and oxygen atoms in total. The SMILES string of the molecule is CC(C)(C)OC(=O)NCc1cccc(-n2nc(C(F)(F)F)cc2C(=O)N(c2ccccc2)C(NCC2CC2)c2cccc(C#N)c2)c1. The Labute approximate surface area is 270 Å². The number of benzene rings is 3. The number of aromatic nitrogens is 2. The maximum atomic E-state index is 14.7. The zero-order chi connectivity index (χ0) is 33.8. The minimum atomic E-state index is -4.83. The predicted molar refractivity (Wildman–Crippen MR) is 170 cm³/mol. The van der Waals surface area contributed by atoms with E-state index in [9.17, 15) is 28.0 Å². The van der Waals surface area contributed by atoms with Gasteiger partial charge in [-0.1, -0.05) is 42.5 Å². The van der Waals surface area contributed by atoms with Crippen LogP contribution in [0.25, 0.3) is 5.69 Å². The molecule has 2 N–H and O–H groups in total. The Morgan fingerprint density at radius 1 is 1.02 bits per heavy atom. The van der Waals surface area contributed by atoms with Gasteiger partial charge in [0.2, 0.25) is 0 Å². The normalized spacial score (nSPS) is 13.8. The van der Waals surface area contributed by atoms with Gasteiger partial charge in [0.15, 0.2) is 5.69 Å². The molecule has 1 unspecified atom stereocenters. The molecule has 1 atom stereocenters. The molecule has 1 aliphatic carbocycles. The Bertz CT molecular complexity index is 1770. The highest BCUT2D eigenvalue weighted by Crippen LogP contribution is 2.34. The van der Waals surface area contributed by atoms with Gasteiger partial charge in [-0.25, -0.2) is 9.48 Å². The van der Waals surface area contributed by atoms with Crippen molar-refractivity contribution in [3.8, 4) is 11.8 Å². The molecule has 1 aromatic heterocycles. The lowest BCUT2D eigenvalue weighted by atomic mass is 10.1. The van der Waals surface area contributed by atoms with Crippen molar-refractivity contribution in [2.45, 2.75) is 58.1 Å². The van der Waals surface area contributed by atoms with Crippen LogP contribution in [0.2, 0.25) is 0 Å². The lowest BCUT2D eigenvalue weighted by molar-refractivity contribution is -0.141. The number of hydrogen-bond acceptors (Lipinski definition) is 6. The predicted octanol–water partition coefficient (Wildman–Crippen LogP) is 7.13. The zero-order valence-electron chi connectivity index (χ0n) is 26.2. The van der Waals surface area contributed by atoms with E-state index in [-0.39, 0.29) is 17.9 Å². The zero-order valence-corrected chi connectivity index (χ0v) is 26.2. The van der Waals surface area contributed by atoms with Gasteiger partial charge in [-0.3, -0.25) is 15.0 Å². The molecule has 1 fully saturated rings. The molecule has 244 valence electrons. The molecule has 0 radical (unpaired) electrons. The minimum absolute atomic E-state index is 0.0258. The van der Waals surface area contributed by atoms with Crippen LogP contribution in [-0.2, 0) is 17.5 Å². The first-order chi connectivity index (χ1) is 22.3. The maximum absolute atomic E-state index is 14.7. The van der Waals surface area contributed by atoms with Gasteiger partial charge in [-0.05, 0) is 87.1 Å². The van der Waals surface area contributed by atoms with E-state index in [2.05, 4.69) is 21.8 Å². The number of alkyl carbamates (subject to hydrolysis) is 1. The summed E-state index contributed by atoms with van der Waals surface area (Å²) in [7, 11) is 0. The van der Waals surface area contributed by atoms with Crippen LogP contribution in [0.3, 0.4) is 0 Å². The number of carbonyl (C=O) groups excluding carboxylic acids is 2. The smallest absolute Gasteiger partial charge is 0.435 e. The van der Waals surface area contributed by atoms with Gasteiger partial charge in [0.1, 0.15) is 17.5 Å². The Morgan fingerprint density at radius 2 is 1.74 bits per heavy atom. The fourth-order valence-corrected chi connectivity index (χ4v) is 4.99. The van der Waals surface area contributed by atoms with Crippen molar-refractivity contribution in [2.75, 3.05) is 11.4 Å². The van der Waals surface area contributed by atoms with Gasteiger partial charge >= 0.3 is 12.3 Å². The Morgan fingerprint density at radius 3 is 2.40 bits per heavy atom. The third-order valence-electron chi connectivity index (χ3n) is 7.35. The number of halogens is 3. The molecule has 47 heavy (non-hydrogen) atoms. The molecule has 12 heteroatoms. The van der Waals surface area contributed by atoms with E-state index >= 15 is 0 Å². The van der Waals surface area contributed by atoms with E-state index in [0.29, 0.717) is 34.8 Å². The summed E-state index contributed by atoms with van der Waals surface area (Å²) >= 11 is 0. The van der Waals surface area contributed by atoms with Gasteiger partial charge in [0, 0.05) is 24.8 Å². The highest BCUT2D eigenvalue weighted by molar-refractivity contribution is 6.06. The van der Waals surface area contributed by atoms with E-state index in [1.807, 2.05) is 0 Å². The third-order valence-corrected chi connectivity index (χ3v) is 7.35. The number of nitriles is 1. The van der Waals surface area contributed by atoms with E-state index in [1.165, 1.54) is 11.0 Å². The van der Waals surface area contributed by atoms with Crippen LogP contribution in [0.5, 0.6) is 0 Å². The molecule has 0 bridgehead atoms. The largest absolute Gasteiger partial charge is 0.444 e. The number of amides is 2. The molecular formula is C35H35F3N6O3. The molecule has 1 heterocycles. The van der Waals surface area contributed by atoms with Gasteiger partial charge in [0.05, 0.1) is 17.3 Å². The van der Waals surface area contributed by atoms with Crippen molar-refractivity contribution in [2.24, 2.45) is 5.92 Å². The summed E-state index contributed by atoms with van der Waals surface area (Å²) in [5.41, 5.74) is -0.127. The Hall–Kier alpha value is -5.15. The van der Waals surface area contributed by atoms with Crippen LogP contribution < -0.4 is 15.5 Å². The van der Waals surface area contributed by atoms with Crippen LogP contribution in [0.15, 0.2) is 84.9 Å². The van der Waals surface area contributed by atoms with Crippen molar-refractivity contribution < 1.29 is 27.5 Å². The van der Waals surface area contributed by atoms with Crippen LogP contribution in [-0.4, -0.2) is 33.9 Å². The first-order valence-corrected chi connectivity index (χ1v) is 15.2. The highest BCUT2D eigenvalue weighted by Gasteiger charge is 2.38. The summed E-state index contributed by atoms with van der Waals surface area (Å²) in [6, 6.07) is 24.7. The number of para-hydroxylation sites is 1. The monoisotopic (exact) mass is 644 g/mol. The van der Waals surface area contributed by atoms with Crippen molar-refractivity contribution in [3.63, 3.8) is 0 Å². The van der Waals surface area contributed by atoms with Crippen molar-refractivity contribution in [3.05, 3.63) is 113 Å². The van der Waals surface area contributed by atoms with Gasteiger partial charge < -0.3 is 10.1 Å². The van der Waals surface area contributed by atoms with E-state index < -0.39 is 35.6 Å². The number of nitrogens with zero attached hydrogens (tertiary/aromatic N) is 4. The summed E-state index contributed by atoms with van der Waals surface area (Å²) in [6.45, 7) is 5.78. The highest BCUT2D eigenvalue weighted by atomic mass is 19.4. The third kappa shape index (κ3) is 8.56. The minimum Gasteiger partial charge on any atom is -0.444 e. The van der Waals surface area contributed by atoms with Crippen LogP contribution in [0.1, 0.15) is 72.7 Å². The molecule has 3 aromatic carbocycles. The number of hydrogen-bond donors (Lipinski definition) is 2. The van der Waals surface area contributed by atoms with Crippen molar-refractivity contribution >= 4 is 17.7 Å². The lowest BCUT2D eigenvalue weighted by Gasteiger charge is -2.33. The first kappa shape index (κ1) is 33.2. The van der Waals surface area contributed by atoms with E-state index in [1.54, 1.807) is 93.6 Å². The molecule has 1 saturated carbocycles. The number of alkyl halides is 3. The average molecular weight is 645 g/mol. The number of nitrogens with one attached hydrogen (secondary N) is 2. The second kappa shape index (κ2) is 13.7. The second-order valence-corrected chi connectivity index (χ2v) is 12.4. The standard InChI is InChI=1S/C35H35F3N6O3/c1-34(2,3)47-33(46)41-22-25-10-8-14-28(18-25)44-29(19-30(42-44)35(36,37)38)32(45)43(27-12-5-4-6-13-27)31(40-21-23-15-16-23)26-11-7-9-24(17-26)20-39/h4-14,17-19,23,31,40H,15-16,21-22H2,1-3H3,(H,41,46). The first-order valence-electron chi connectivity index (χ1n) is 15.2. The topological polar surface area (TPSA) is 112 Å². The fraction of sp³-hybridized carbons (Fsp3) is 0.314. The average Bonchev–Trinajstić information content (AvgIpc) is 3.75. The second-order valence-electron chi connectivity index (χ2n) is 12.4. The Balaban J connectivity index is 1.58. The number of ether oxygens (including phenoxy) is 1. The maximum Gasteiger partial charge on any atom is 0.435 e. The number of anilines is 1. The van der Waals surface area contributed by atoms with Crippen molar-refractivity contribution in [1.82, 2.24) is 20.4 Å². The fourth-order valence-electron chi connectivity index (χ4n) is 4.99. The molecule has 0 spiro atoms. The quantitative estimate of drug-likeness (QED) is 0.178. The lowest BCUT2D eigenvalue weighted by Crippen LogP contribution is -2.44. The molecule has 1 aliphatic rings. The molecule has 2 amide bonds. The number of carbonyl (C=O) groups is 2. The van der Waals surface area contributed by atoms with Crippen LogP contribution in [0.4, 0.5) is 23.7 Å². The van der Waals surface area contributed by atoms with Gasteiger partial charge in [-0.2, -0.15) is 23.5 Å². The van der Waals surface area contributed by atoms with Crippen molar-refractivity contribution in [1.29, 1.82) is 5.26 Å². The summed E-state index contributed by atoms with van der Waals surface area (Å²) in [5, 5.41) is 19.5. The Kier molecular flexibility index (Phi) is 9.67. The van der Waals surface area contributed by atoms with Crippen LogP contribution >= 0.6 is 0 Å². The van der Waals surface area contributed by atoms with Gasteiger partial charge in [0.25, 0.3) is 5.91 Å².